The lowest BCUT2D eigenvalue weighted by Gasteiger charge is -2.49. The van der Waals surface area contributed by atoms with Crippen LogP contribution in [0.25, 0.3) is 0 Å². The van der Waals surface area contributed by atoms with Crippen molar-refractivity contribution in [2.24, 2.45) is 11.8 Å². The number of hydrogen-bond acceptors (Lipinski definition) is 5. The monoisotopic (exact) mass is 533 g/mol. The standard InChI is InChI=1S/C21H22Cl3N3O3S2/c22-15-3-1-13(2-4-15)12-31-21-19(14-7-9-27(21)10-8-14)20(28)25-26-32(29,30)18-6-5-16(23)11-17(18)24/h1-6,11,14,19,21,26H,7-10,12H2,(H,25,28)/t19-,21-/m0/s1. The third kappa shape index (κ3) is 5.38. The van der Waals surface area contributed by atoms with Crippen molar-refractivity contribution >= 4 is 62.5 Å². The van der Waals surface area contributed by atoms with Gasteiger partial charge in [-0.2, -0.15) is 0 Å². The first kappa shape index (κ1) is 24.1. The van der Waals surface area contributed by atoms with E-state index in [2.05, 4.69) is 15.2 Å². The summed E-state index contributed by atoms with van der Waals surface area (Å²) in [7, 11) is -4.04. The predicted molar refractivity (Wildman–Crippen MR) is 129 cm³/mol. The number of sulfonamides is 1. The fraction of sp³-hybridized carbons (Fsp3) is 0.381. The molecule has 172 valence electrons. The van der Waals surface area contributed by atoms with Gasteiger partial charge in [0.2, 0.25) is 5.91 Å². The highest BCUT2D eigenvalue weighted by Crippen LogP contribution is 2.42. The minimum absolute atomic E-state index is 0.0153. The second kappa shape index (κ2) is 10.1. The maximum Gasteiger partial charge on any atom is 0.258 e. The van der Waals surface area contributed by atoms with Gasteiger partial charge in [0, 0.05) is 15.8 Å². The molecule has 2 atom stereocenters. The highest BCUT2D eigenvalue weighted by molar-refractivity contribution is 7.99. The van der Waals surface area contributed by atoms with Crippen molar-refractivity contribution in [3.63, 3.8) is 0 Å². The SMILES string of the molecule is O=C(NNS(=O)(=O)c1ccc(Cl)cc1Cl)[C@@H]1C2CCN(CC2)[C@H]1SCc1ccc(Cl)cc1. The summed E-state index contributed by atoms with van der Waals surface area (Å²) in [6.07, 6.45) is 1.84. The van der Waals surface area contributed by atoms with Gasteiger partial charge in [0.15, 0.2) is 0 Å². The summed E-state index contributed by atoms with van der Waals surface area (Å²) in [5, 5.41) is 0.968. The average Bonchev–Trinajstić information content (AvgIpc) is 2.77. The second-order valence-corrected chi connectivity index (χ2v) is 11.9. The molecule has 5 rings (SSSR count). The van der Waals surface area contributed by atoms with Gasteiger partial charge in [-0.15, -0.1) is 16.6 Å². The van der Waals surface area contributed by atoms with Crippen molar-refractivity contribution in [3.05, 3.63) is 63.1 Å². The molecule has 2 aromatic rings. The molecule has 11 heteroatoms. The molecule has 0 saturated carbocycles. The molecule has 3 aliphatic rings. The highest BCUT2D eigenvalue weighted by Gasteiger charge is 2.46. The van der Waals surface area contributed by atoms with Crippen molar-refractivity contribution in [1.82, 2.24) is 15.2 Å². The van der Waals surface area contributed by atoms with Crippen molar-refractivity contribution in [3.8, 4) is 0 Å². The number of amides is 1. The number of rotatable bonds is 7. The first-order valence-electron chi connectivity index (χ1n) is 10.1. The van der Waals surface area contributed by atoms with Crippen LogP contribution in [-0.2, 0) is 20.6 Å². The summed E-state index contributed by atoms with van der Waals surface area (Å²) in [4.78, 5) is 17.5. The lowest BCUT2D eigenvalue weighted by Crippen LogP contribution is -2.59. The fourth-order valence-electron chi connectivity index (χ4n) is 4.26. The van der Waals surface area contributed by atoms with Crippen LogP contribution >= 0.6 is 46.6 Å². The van der Waals surface area contributed by atoms with E-state index in [1.165, 1.54) is 18.2 Å². The second-order valence-electron chi connectivity index (χ2n) is 7.90. The van der Waals surface area contributed by atoms with E-state index >= 15 is 0 Å². The Morgan fingerprint density at radius 2 is 1.69 bits per heavy atom. The van der Waals surface area contributed by atoms with Gasteiger partial charge in [-0.3, -0.25) is 15.1 Å². The highest BCUT2D eigenvalue weighted by atomic mass is 35.5. The van der Waals surface area contributed by atoms with E-state index in [0.29, 0.717) is 10.0 Å². The Hall–Kier alpha value is -1.00. The number of carbonyl (C=O) groups excluding carboxylic acids is 1. The molecular weight excluding hydrogens is 513 g/mol. The lowest BCUT2D eigenvalue weighted by atomic mass is 9.78. The zero-order chi connectivity index (χ0) is 22.9. The number of thioether (sulfide) groups is 1. The Balaban J connectivity index is 1.44. The van der Waals surface area contributed by atoms with Gasteiger partial charge < -0.3 is 0 Å². The Kier molecular flexibility index (Phi) is 7.61. The van der Waals surface area contributed by atoms with Crippen LogP contribution in [0.1, 0.15) is 18.4 Å². The van der Waals surface area contributed by atoms with Gasteiger partial charge in [0.1, 0.15) is 4.90 Å². The van der Waals surface area contributed by atoms with Gasteiger partial charge >= 0.3 is 0 Å². The van der Waals surface area contributed by atoms with Crippen molar-refractivity contribution < 1.29 is 13.2 Å². The average molecular weight is 535 g/mol. The van der Waals surface area contributed by atoms with E-state index in [-0.39, 0.29) is 33.0 Å². The summed E-state index contributed by atoms with van der Waals surface area (Å²) >= 11 is 19.5. The van der Waals surface area contributed by atoms with E-state index in [1.807, 2.05) is 24.3 Å². The van der Waals surface area contributed by atoms with Crippen LogP contribution in [-0.4, -0.2) is 37.7 Å². The maximum absolute atomic E-state index is 13.1. The predicted octanol–water partition coefficient (Wildman–Crippen LogP) is 4.56. The number of piperidine rings is 3. The van der Waals surface area contributed by atoms with Crippen LogP contribution in [0.2, 0.25) is 15.1 Å². The summed E-state index contributed by atoms with van der Waals surface area (Å²) in [6.45, 7) is 1.89. The van der Waals surface area contributed by atoms with Crippen molar-refractivity contribution in [2.45, 2.75) is 28.9 Å². The van der Waals surface area contributed by atoms with Crippen LogP contribution in [0.5, 0.6) is 0 Å². The quantitative estimate of drug-likeness (QED) is 0.509. The Morgan fingerprint density at radius 3 is 2.34 bits per heavy atom. The number of fused-ring (bicyclic) bond motifs is 3. The molecule has 3 aliphatic heterocycles. The summed E-state index contributed by atoms with van der Waals surface area (Å²) < 4.78 is 25.3. The van der Waals surface area contributed by atoms with E-state index < -0.39 is 10.0 Å². The number of benzene rings is 2. The third-order valence-electron chi connectivity index (χ3n) is 5.88. The zero-order valence-corrected chi connectivity index (χ0v) is 20.8. The van der Waals surface area contributed by atoms with Crippen LogP contribution in [0.3, 0.4) is 0 Å². The number of nitrogens with one attached hydrogen (secondary N) is 2. The fourth-order valence-corrected chi connectivity index (χ4v) is 7.53. The first-order valence-corrected chi connectivity index (χ1v) is 13.8. The van der Waals surface area contributed by atoms with Gasteiger partial charge in [-0.1, -0.05) is 46.9 Å². The number of hydrogen-bond donors (Lipinski definition) is 2. The largest absolute Gasteiger partial charge is 0.291 e. The van der Waals surface area contributed by atoms with E-state index in [1.54, 1.807) is 11.8 Å². The molecule has 3 saturated heterocycles. The van der Waals surface area contributed by atoms with E-state index in [0.717, 1.165) is 37.2 Å². The molecule has 0 radical (unpaired) electrons. The van der Waals surface area contributed by atoms with Gasteiger partial charge in [0.05, 0.1) is 16.3 Å². The van der Waals surface area contributed by atoms with Crippen LogP contribution in [0, 0.1) is 11.8 Å². The summed E-state index contributed by atoms with van der Waals surface area (Å²) in [6, 6.07) is 11.7. The topological polar surface area (TPSA) is 78.5 Å². The normalized spacial score (nSPS) is 25.0. The summed E-state index contributed by atoms with van der Waals surface area (Å²) in [5.41, 5.74) is 3.55. The molecule has 0 spiro atoms. The van der Waals surface area contributed by atoms with Crippen LogP contribution < -0.4 is 10.3 Å². The Morgan fingerprint density at radius 1 is 1.03 bits per heavy atom. The number of halogens is 3. The lowest BCUT2D eigenvalue weighted by molar-refractivity contribution is -0.132. The minimum Gasteiger partial charge on any atom is -0.291 e. The summed E-state index contributed by atoms with van der Waals surface area (Å²) in [5.74, 6) is 0.298. The molecule has 3 fully saturated rings. The molecule has 6 nitrogen and oxygen atoms in total. The molecule has 0 aromatic heterocycles. The van der Waals surface area contributed by atoms with Gasteiger partial charge in [-0.25, -0.2) is 8.42 Å². The number of carbonyl (C=O) groups is 1. The molecule has 0 aliphatic carbocycles. The van der Waals surface area contributed by atoms with Gasteiger partial charge in [0.25, 0.3) is 10.0 Å². The van der Waals surface area contributed by atoms with E-state index in [4.69, 9.17) is 34.8 Å². The molecule has 32 heavy (non-hydrogen) atoms. The van der Waals surface area contributed by atoms with E-state index in [9.17, 15) is 13.2 Å². The number of nitrogens with zero attached hydrogens (tertiary/aromatic N) is 1. The van der Waals surface area contributed by atoms with Crippen molar-refractivity contribution in [1.29, 1.82) is 0 Å². The molecule has 2 bridgehead atoms. The minimum atomic E-state index is -4.04. The van der Waals surface area contributed by atoms with Crippen molar-refractivity contribution in [2.75, 3.05) is 13.1 Å². The third-order valence-corrected chi connectivity index (χ3v) is 9.53. The van der Waals surface area contributed by atoms with Crippen LogP contribution in [0.15, 0.2) is 47.4 Å². The molecule has 1 amide bonds. The smallest absolute Gasteiger partial charge is 0.258 e. The van der Waals surface area contributed by atoms with Crippen LogP contribution in [0.4, 0.5) is 0 Å². The maximum atomic E-state index is 13.1. The molecule has 3 heterocycles. The Bertz CT molecular complexity index is 1090. The zero-order valence-electron chi connectivity index (χ0n) is 16.9. The molecular formula is C21H22Cl3N3O3S2. The molecule has 2 N–H and O–H groups in total. The first-order chi connectivity index (χ1) is 15.2. The molecule has 0 unspecified atom stereocenters. The number of hydrazine groups is 1. The van der Waals surface area contributed by atoms with Gasteiger partial charge in [-0.05, 0) is 67.7 Å². The molecule has 2 aromatic carbocycles. The Labute approximate surface area is 207 Å².